The van der Waals surface area contributed by atoms with Crippen LogP contribution in [0.1, 0.15) is 48.9 Å². The smallest absolute Gasteiger partial charge is 0.416 e. The minimum Gasteiger partial charge on any atom is -0.479 e. The van der Waals surface area contributed by atoms with Crippen LogP contribution in [0.3, 0.4) is 0 Å². The Morgan fingerprint density at radius 2 is 1.93 bits per heavy atom. The Labute approximate surface area is 161 Å². The molecule has 1 amide bonds. The lowest BCUT2D eigenvalue weighted by molar-refractivity contribution is -0.138. The van der Waals surface area contributed by atoms with Crippen LogP contribution in [0.2, 0.25) is 0 Å². The number of carbonyl (C=O) groups excluding carboxylic acids is 1. The van der Waals surface area contributed by atoms with Crippen LogP contribution in [0.25, 0.3) is 0 Å². The molecule has 2 aromatic carbocycles. The van der Waals surface area contributed by atoms with Crippen molar-refractivity contribution < 1.29 is 22.7 Å². The number of amides is 1. The molecule has 2 aromatic rings. The van der Waals surface area contributed by atoms with E-state index >= 15 is 0 Å². The van der Waals surface area contributed by atoms with Crippen LogP contribution in [-0.2, 0) is 17.4 Å². The Morgan fingerprint density at radius 3 is 2.50 bits per heavy atom. The zero-order valence-electron chi connectivity index (χ0n) is 15.9. The summed E-state index contributed by atoms with van der Waals surface area (Å²) in [5, 5.41) is 11.3. The number of nitriles is 1. The second-order valence-corrected chi connectivity index (χ2v) is 6.70. The minimum atomic E-state index is -4.54. The van der Waals surface area contributed by atoms with Crippen molar-refractivity contribution in [3.8, 4) is 11.8 Å². The summed E-state index contributed by atoms with van der Waals surface area (Å²) in [7, 11) is 0. The lowest BCUT2D eigenvalue weighted by Crippen LogP contribution is -2.11. The number of nitrogens with one attached hydrogen (secondary N) is 1. The maximum atomic E-state index is 13.5. The summed E-state index contributed by atoms with van der Waals surface area (Å²) in [5.41, 5.74) is 1.53. The third-order valence-electron chi connectivity index (χ3n) is 4.13. The van der Waals surface area contributed by atoms with Crippen molar-refractivity contribution in [2.45, 2.75) is 39.3 Å². The standard InChI is InChI=1S/C21H21F3N2O2/c1-13(2)18-11-15(4-7-20(18)26-14(3)27)10-16-5-6-17(28-9-8-25)12-19(16)21(22,23)24/h4-7,11-13H,9-10H2,1-3H3,(H,26,27). The third-order valence-corrected chi connectivity index (χ3v) is 4.13. The number of carbonyl (C=O) groups is 1. The molecule has 28 heavy (non-hydrogen) atoms. The largest absolute Gasteiger partial charge is 0.479 e. The zero-order valence-corrected chi connectivity index (χ0v) is 15.9. The molecule has 1 N–H and O–H groups in total. The van der Waals surface area contributed by atoms with Crippen LogP contribution >= 0.6 is 0 Å². The Kier molecular flexibility index (Phi) is 6.68. The van der Waals surface area contributed by atoms with Gasteiger partial charge in [0.15, 0.2) is 6.61 Å². The molecule has 0 aliphatic heterocycles. The molecular weight excluding hydrogens is 369 g/mol. The van der Waals surface area contributed by atoms with E-state index in [4.69, 9.17) is 10.00 Å². The highest BCUT2D eigenvalue weighted by atomic mass is 19.4. The Bertz CT molecular complexity index is 899. The summed E-state index contributed by atoms with van der Waals surface area (Å²) in [5.74, 6) is -0.117. The summed E-state index contributed by atoms with van der Waals surface area (Å²) < 4.78 is 45.5. The van der Waals surface area contributed by atoms with Crippen molar-refractivity contribution in [3.63, 3.8) is 0 Å². The summed E-state index contributed by atoms with van der Waals surface area (Å²) in [4.78, 5) is 11.4. The van der Waals surface area contributed by atoms with E-state index in [0.717, 1.165) is 11.6 Å². The second kappa shape index (κ2) is 8.79. The van der Waals surface area contributed by atoms with Crippen molar-refractivity contribution in [2.75, 3.05) is 11.9 Å². The van der Waals surface area contributed by atoms with Crippen molar-refractivity contribution in [2.24, 2.45) is 0 Å². The zero-order chi connectivity index (χ0) is 20.9. The summed E-state index contributed by atoms with van der Waals surface area (Å²) in [6.07, 6.45) is -4.47. The van der Waals surface area contributed by atoms with Crippen LogP contribution in [0, 0.1) is 11.3 Å². The summed E-state index contributed by atoms with van der Waals surface area (Å²) >= 11 is 0. The lowest BCUT2D eigenvalue weighted by atomic mass is 9.94. The quantitative estimate of drug-likeness (QED) is 0.730. The van der Waals surface area contributed by atoms with Crippen molar-refractivity contribution in [1.29, 1.82) is 5.26 Å². The highest BCUT2D eigenvalue weighted by Crippen LogP contribution is 2.36. The molecule has 0 atom stereocenters. The first-order chi connectivity index (χ1) is 13.1. The first-order valence-corrected chi connectivity index (χ1v) is 8.72. The van der Waals surface area contributed by atoms with Gasteiger partial charge in [-0.3, -0.25) is 4.79 Å². The lowest BCUT2D eigenvalue weighted by Gasteiger charge is -2.17. The predicted molar refractivity (Wildman–Crippen MR) is 100 cm³/mol. The molecule has 7 heteroatoms. The normalized spacial score (nSPS) is 11.2. The maximum Gasteiger partial charge on any atom is 0.416 e. The number of nitrogens with zero attached hydrogens (tertiary/aromatic N) is 1. The Hall–Kier alpha value is -3.01. The van der Waals surface area contributed by atoms with Gasteiger partial charge in [-0.05, 0) is 47.2 Å². The van der Waals surface area contributed by atoms with Gasteiger partial charge in [-0.2, -0.15) is 18.4 Å². The van der Waals surface area contributed by atoms with E-state index < -0.39 is 11.7 Å². The number of rotatable bonds is 6. The predicted octanol–water partition coefficient (Wildman–Crippen LogP) is 5.28. The number of ether oxygens (including phenoxy) is 1. The average molecular weight is 390 g/mol. The summed E-state index contributed by atoms with van der Waals surface area (Å²) in [6.45, 7) is 4.99. The van der Waals surface area contributed by atoms with Gasteiger partial charge < -0.3 is 10.1 Å². The van der Waals surface area contributed by atoms with E-state index in [1.165, 1.54) is 19.1 Å². The topological polar surface area (TPSA) is 62.1 Å². The fourth-order valence-corrected chi connectivity index (χ4v) is 2.90. The molecular formula is C21H21F3N2O2. The van der Waals surface area contributed by atoms with E-state index in [0.29, 0.717) is 11.3 Å². The molecule has 0 aromatic heterocycles. The number of alkyl halides is 3. The van der Waals surface area contributed by atoms with Crippen LogP contribution in [0.5, 0.6) is 5.75 Å². The molecule has 0 saturated heterocycles. The van der Waals surface area contributed by atoms with Gasteiger partial charge in [-0.15, -0.1) is 0 Å². The molecule has 148 valence electrons. The van der Waals surface area contributed by atoms with Crippen LogP contribution in [-0.4, -0.2) is 12.5 Å². The third kappa shape index (κ3) is 5.49. The minimum absolute atomic E-state index is 0.00139. The first-order valence-electron chi connectivity index (χ1n) is 8.72. The maximum absolute atomic E-state index is 13.5. The van der Waals surface area contributed by atoms with E-state index in [9.17, 15) is 18.0 Å². The van der Waals surface area contributed by atoms with Gasteiger partial charge in [0, 0.05) is 12.6 Å². The number of hydrogen-bond acceptors (Lipinski definition) is 3. The Balaban J connectivity index is 2.40. The highest BCUT2D eigenvalue weighted by Gasteiger charge is 2.33. The molecule has 0 bridgehead atoms. The molecule has 0 aliphatic rings. The van der Waals surface area contributed by atoms with Gasteiger partial charge in [0.05, 0.1) is 5.56 Å². The molecule has 0 fully saturated rings. The van der Waals surface area contributed by atoms with E-state index in [2.05, 4.69) is 5.32 Å². The molecule has 0 saturated carbocycles. The van der Waals surface area contributed by atoms with Gasteiger partial charge in [0.1, 0.15) is 11.8 Å². The average Bonchev–Trinajstić information content (AvgIpc) is 2.60. The summed E-state index contributed by atoms with van der Waals surface area (Å²) in [6, 6.07) is 10.7. The highest BCUT2D eigenvalue weighted by molar-refractivity contribution is 5.89. The number of benzene rings is 2. The van der Waals surface area contributed by atoms with Crippen LogP contribution < -0.4 is 10.1 Å². The van der Waals surface area contributed by atoms with Crippen molar-refractivity contribution in [1.82, 2.24) is 0 Å². The number of halogens is 3. The van der Waals surface area contributed by atoms with Crippen molar-refractivity contribution in [3.05, 3.63) is 58.7 Å². The molecule has 4 nitrogen and oxygen atoms in total. The fraction of sp³-hybridized carbons (Fsp3) is 0.333. The van der Waals surface area contributed by atoms with Crippen LogP contribution in [0.15, 0.2) is 36.4 Å². The first kappa shape index (κ1) is 21.3. The molecule has 0 unspecified atom stereocenters. The monoisotopic (exact) mass is 390 g/mol. The molecule has 2 rings (SSSR count). The van der Waals surface area contributed by atoms with E-state index in [-0.39, 0.29) is 36.2 Å². The van der Waals surface area contributed by atoms with Gasteiger partial charge >= 0.3 is 6.18 Å². The molecule has 0 radical (unpaired) electrons. The molecule has 0 aliphatic carbocycles. The molecule has 0 heterocycles. The van der Waals surface area contributed by atoms with Gasteiger partial charge in [-0.1, -0.05) is 32.0 Å². The van der Waals surface area contributed by atoms with E-state index in [1.54, 1.807) is 18.2 Å². The fourth-order valence-electron chi connectivity index (χ4n) is 2.90. The molecule has 0 spiro atoms. The van der Waals surface area contributed by atoms with Gasteiger partial charge in [0.25, 0.3) is 0 Å². The van der Waals surface area contributed by atoms with Gasteiger partial charge in [-0.25, -0.2) is 0 Å². The SMILES string of the molecule is CC(=O)Nc1ccc(Cc2ccc(OCC#N)cc2C(F)(F)F)cc1C(C)C. The van der Waals surface area contributed by atoms with E-state index in [1.807, 2.05) is 19.9 Å². The number of anilines is 1. The second-order valence-electron chi connectivity index (χ2n) is 6.70. The Morgan fingerprint density at radius 1 is 1.21 bits per heavy atom. The number of hydrogen-bond donors (Lipinski definition) is 1. The van der Waals surface area contributed by atoms with Gasteiger partial charge in [0.2, 0.25) is 5.91 Å². The van der Waals surface area contributed by atoms with Crippen molar-refractivity contribution >= 4 is 11.6 Å². The van der Waals surface area contributed by atoms with Crippen LogP contribution in [0.4, 0.5) is 18.9 Å².